The number of carbonyl (C=O) groups is 1. The first kappa shape index (κ1) is 25.1. The molecule has 2 N–H and O–H groups in total. The molecule has 1 amide bonds. The zero-order chi connectivity index (χ0) is 24.0. The number of nitrogens with one attached hydrogen (secondary N) is 2. The Hall–Kier alpha value is -2.03. The minimum Gasteiger partial charge on any atom is -0.370 e. The maximum Gasteiger partial charge on any atom is 0.252 e. The monoisotopic (exact) mass is 493 g/mol. The van der Waals surface area contributed by atoms with E-state index in [0.29, 0.717) is 48.1 Å². The third-order valence-electron chi connectivity index (χ3n) is 6.72. The topological polar surface area (TPSA) is 60.5 Å². The largest absolute Gasteiger partial charge is 0.370 e. The number of rotatable bonds is 10. The number of hydrogen-bond donors (Lipinski definition) is 2. The molecule has 0 bridgehead atoms. The molecule has 6 nitrogen and oxygen atoms in total. The van der Waals surface area contributed by atoms with Crippen LogP contribution in [0.3, 0.4) is 0 Å². The molecule has 0 atom stereocenters. The van der Waals surface area contributed by atoms with Gasteiger partial charge in [-0.1, -0.05) is 11.6 Å². The number of aromatic nitrogens is 1. The highest BCUT2D eigenvalue weighted by Gasteiger charge is 2.33. The summed E-state index contributed by atoms with van der Waals surface area (Å²) in [6, 6.07) is 7.18. The number of pyridine rings is 1. The standard InChI is InChI=1S/C25H34ClF2N5O/c26-19-5-6-22-20(17-19)21(24(34)30-10-16-32-12-3-4-13-32)18-23(31-22)29-9-1-2-11-33-14-7-25(27,28)8-15-33/h5-6,17-18H,1-4,7-16H2,(H,29,31)(H,30,34). The van der Waals surface area contributed by atoms with E-state index in [9.17, 15) is 13.6 Å². The highest BCUT2D eigenvalue weighted by molar-refractivity contribution is 6.31. The van der Waals surface area contributed by atoms with Gasteiger partial charge in [-0.25, -0.2) is 13.8 Å². The smallest absolute Gasteiger partial charge is 0.252 e. The number of carbonyl (C=O) groups excluding carboxylic acids is 1. The maximum atomic E-state index is 13.3. The van der Waals surface area contributed by atoms with Crippen LogP contribution in [0.4, 0.5) is 14.6 Å². The molecule has 2 aliphatic rings. The number of hydrogen-bond acceptors (Lipinski definition) is 5. The minimum atomic E-state index is -2.50. The van der Waals surface area contributed by atoms with Crippen molar-refractivity contribution in [3.05, 3.63) is 34.9 Å². The number of piperidine rings is 1. The van der Waals surface area contributed by atoms with Gasteiger partial charge in [0.05, 0.1) is 11.1 Å². The molecule has 0 spiro atoms. The summed E-state index contributed by atoms with van der Waals surface area (Å²) in [5, 5.41) is 7.67. The van der Waals surface area contributed by atoms with Crippen molar-refractivity contribution in [2.45, 2.75) is 44.4 Å². The van der Waals surface area contributed by atoms with Crippen LogP contribution in [0.5, 0.6) is 0 Å². The quantitative estimate of drug-likeness (QED) is 0.472. The van der Waals surface area contributed by atoms with E-state index in [1.54, 1.807) is 18.2 Å². The number of benzene rings is 1. The molecule has 3 heterocycles. The molecule has 2 aromatic rings. The highest BCUT2D eigenvalue weighted by atomic mass is 35.5. The predicted octanol–water partition coefficient (Wildman–Crippen LogP) is 4.64. The second-order valence-corrected chi connectivity index (χ2v) is 9.79. The van der Waals surface area contributed by atoms with Crippen LogP contribution in [0.2, 0.25) is 5.02 Å². The molecule has 0 saturated carbocycles. The maximum absolute atomic E-state index is 13.3. The van der Waals surface area contributed by atoms with Crippen LogP contribution in [0.15, 0.2) is 24.3 Å². The van der Waals surface area contributed by atoms with Crippen LogP contribution < -0.4 is 10.6 Å². The summed E-state index contributed by atoms with van der Waals surface area (Å²) >= 11 is 6.20. The Morgan fingerprint density at radius 1 is 1.00 bits per heavy atom. The zero-order valence-electron chi connectivity index (χ0n) is 19.6. The van der Waals surface area contributed by atoms with Gasteiger partial charge in [-0.05, 0) is 69.6 Å². The van der Waals surface area contributed by atoms with Crippen LogP contribution in [-0.4, -0.2) is 79.0 Å². The average Bonchev–Trinajstić information content (AvgIpc) is 3.33. The van der Waals surface area contributed by atoms with Gasteiger partial charge in [0.25, 0.3) is 11.8 Å². The number of halogens is 3. The number of likely N-dealkylation sites (tertiary alicyclic amines) is 2. The molecule has 34 heavy (non-hydrogen) atoms. The van der Waals surface area contributed by atoms with Crippen LogP contribution in [0.25, 0.3) is 10.9 Å². The summed E-state index contributed by atoms with van der Waals surface area (Å²) in [5.74, 6) is -1.97. The van der Waals surface area contributed by atoms with E-state index in [1.165, 1.54) is 12.8 Å². The molecule has 0 unspecified atom stereocenters. The van der Waals surface area contributed by atoms with Gasteiger partial charge in [-0.2, -0.15) is 0 Å². The van der Waals surface area contributed by atoms with E-state index < -0.39 is 5.92 Å². The highest BCUT2D eigenvalue weighted by Crippen LogP contribution is 2.28. The van der Waals surface area contributed by atoms with E-state index in [1.807, 2.05) is 6.07 Å². The molecule has 0 aliphatic carbocycles. The molecule has 1 aromatic heterocycles. The summed E-state index contributed by atoms with van der Waals surface area (Å²) < 4.78 is 26.6. The van der Waals surface area contributed by atoms with Gasteiger partial charge in [0.15, 0.2) is 0 Å². The summed E-state index contributed by atoms with van der Waals surface area (Å²) in [7, 11) is 0. The molecule has 2 fully saturated rings. The minimum absolute atomic E-state index is 0.0425. The third-order valence-corrected chi connectivity index (χ3v) is 6.96. The number of fused-ring (bicyclic) bond motifs is 1. The fourth-order valence-corrected chi connectivity index (χ4v) is 4.86. The summed E-state index contributed by atoms with van der Waals surface area (Å²) in [5.41, 5.74) is 1.28. The normalized spacial score (nSPS) is 18.9. The predicted molar refractivity (Wildman–Crippen MR) is 133 cm³/mol. The molecule has 0 radical (unpaired) electrons. The van der Waals surface area contributed by atoms with Crippen molar-refractivity contribution >= 4 is 34.2 Å². The second-order valence-electron chi connectivity index (χ2n) is 9.35. The zero-order valence-corrected chi connectivity index (χ0v) is 20.3. The lowest BCUT2D eigenvalue weighted by molar-refractivity contribution is -0.0551. The Bertz CT molecular complexity index is 973. The lowest BCUT2D eigenvalue weighted by Crippen LogP contribution is -2.39. The Labute approximate surface area is 205 Å². The van der Waals surface area contributed by atoms with Gasteiger partial charge in [0.1, 0.15) is 5.82 Å². The molecule has 2 aliphatic heterocycles. The number of nitrogens with zero attached hydrogens (tertiary/aromatic N) is 3. The van der Waals surface area contributed by atoms with Crippen LogP contribution in [0, 0.1) is 0 Å². The molecule has 1 aromatic carbocycles. The lowest BCUT2D eigenvalue weighted by atomic mass is 10.1. The van der Waals surface area contributed by atoms with Gasteiger partial charge in [0, 0.05) is 56.0 Å². The summed E-state index contributed by atoms with van der Waals surface area (Å²) in [6.45, 7) is 6.11. The summed E-state index contributed by atoms with van der Waals surface area (Å²) in [6.07, 6.45) is 4.18. The van der Waals surface area contributed by atoms with Gasteiger partial charge in [0.2, 0.25) is 0 Å². The van der Waals surface area contributed by atoms with E-state index in [4.69, 9.17) is 11.6 Å². The van der Waals surface area contributed by atoms with E-state index >= 15 is 0 Å². The number of alkyl halides is 2. The third kappa shape index (κ3) is 6.99. The van der Waals surface area contributed by atoms with Crippen molar-refractivity contribution in [2.75, 3.05) is 57.7 Å². The van der Waals surface area contributed by atoms with Gasteiger partial charge in [-0.3, -0.25) is 4.79 Å². The molecular formula is C25H34ClF2N5O. The van der Waals surface area contributed by atoms with E-state index in [0.717, 1.165) is 44.4 Å². The van der Waals surface area contributed by atoms with Crippen molar-refractivity contribution in [1.29, 1.82) is 0 Å². The van der Waals surface area contributed by atoms with Crippen LogP contribution in [-0.2, 0) is 0 Å². The number of anilines is 1. The fraction of sp³-hybridized carbons (Fsp3) is 0.600. The van der Waals surface area contributed by atoms with Gasteiger partial charge < -0.3 is 20.4 Å². The molecule has 186 valence electrons. The number of amides is 1. The second kappa shape index (κ2) is 11.6. The van der Waals surface area contributed by atoms with Crippen LogP contribution in [0.1, 0.15) is 48.9 Å². The number of unbranched alkanes of at least 4 members (excludes halogenated alkanes) is 1. The average molecular weight is 494 g/mol. The Morgan fingerprint density at radius 2 is 1.74 bits per heavy atom. The van der Waals surface area contributed by atoms with Crippen molar-refractivity contribution in [1.82, 2.24) is 20.1 Å². The van der Waals surface area contributed by atoms with E-state index in [2.05, 4.69) is 25.4 Å². The Morgan fingerprint density at radius 3 is 2.50 bits per heavy atom. The Kier molecular flexibility index (Phi) is 8.55. The molecule has 2 saturated heterocycles. The van der Waals surface area contributed by atoms with Gasteiger partial charge >= 0.3 is 0 Å². The first-order valence-electron chi connectivity index (χ1n) is 12.3. The molecule has 4 rings (SSSR count). The summed E-state index contributed by atoms with van der Waals surface area (Å²) in [4.78, 5) is 22.1. The van der Waals surface area contributed by atoms with Crippen LogP contribution >= 0.6 is 11.6 Å². The Balaban J connectivity index is 1.31. The molecular weight excluding hydrogens is 460 g/mol. The van der Waals surface area contributed by atoms with Crippen molar-refractivity contribution < 1.29 is 13.6 Å². The van der Waals surface area contributed by atoms with Crippen molar-refractivity contribution in [3.8, 4) is 0 Å². The first-order valence-corrected chi connectivity index (χ1v) is 12.7. The van der Waals surface area contributed by atoms with E-state index in [-0.39, 0.29) is 18.7 Å². The lowest BCUT2D eigenvalue weighted by Gasteiger charge is -2.31. The fourth-order valence-electron chi connectivity index (χ4n) is 4.69. The SMILES string of the molecule is O=C(NCCN1CCCC1)c1cc(NCCCCN2CCC(F)(F)CC2)nc2ccc(Cl)cc12. The first-order chi connectivity index (χ1) is 16.4. The van der Waals surface area contributed by atoms with Crippen molar-refractivity contribution in [2.24, 2.45) is 0 Å². The molecule has 9 heteroatoms. The van der Waals surface area contributed by atoms with Gasteiger partial charge in [-0.15, -0.1) is 0 Å². The van der Waals surface area contributed by atoms with Crippen molar-refractivity contribution in [3.63, 3.8) is 0 Å².